The summed E-state index contributed by atoms with van der Waals surface area (Å²) >= 11 is 0. The summed E-state index contributed by atoms with van der Waals surface area (Å²) in [6.07, 6.45) is -3.12. The van der Waals surface area contributed by atoms with Gasteiger partial charge in [-0.3, -0.25) is 10.4 Å². The predicted octanol–water partition coefficient (Wildman–Crippen LogP) is 3.49. The van der Waals surface area contributed by atoms with Crippen molar-refractivity contribution in [2.24, 2.45) is 5.73 Å². The molecule has 0 atom stereocenters. The van der Waals surface area contributed by atoms with E-state index in [0.29, 0.717) is 5.75 Å². The molecule has 0 spiro atoms. The number of hydrogen-bond acceptors (Lipinski definition) is 3. The summed E-state index contributed by atoms with van der Waals surface area (Å²) in [5, 5.41) is 7.27. The number of hydrogen-bond donors (Lipinski definition) is 2. The fraction of sp³-hybridized carbons (Fsp3) is 0.143. The Labute approximate surface area is 118 Å². The standard InChI is InChI=1S/C14H12F3N3O/c1-8-2-3-10(7-20-8)21-9-4-5-12(14(15,16)17)11(6-9)13(18)19/h2-7H,1H3,(H3,18,19). The number of nitrogens with zero attached hydrogens (tertiary/aromatic N) is 1. The molecule has 0 bridgehead atoms. The Morgan fingerprint density at radius 3 is 2.38 bits per heavy atom. The summed E-state index contributed by atoms with van der Waals surface area (Å²) in [7, 11) is 0. The lowest BCUT2D eigenvalue weighted by Crippen LogP contribution is -2.18. The normalized spacial score (nSPS) is 11.2. The maximum absolute atomic E-state index is 12.8. The van der Waals surface area contributed by atoms with Gasteiger partial charge in [0.05, 0.1) is 11.8 Å². The minimum absolute atomic E-state index is 0.152. The van der Waals surface area contributed by atoms with E-state index >= 15 is 0 Å². The second-order valence-corrected chi connectivity index (χ2v) is 4.36. The van der Waals surface area contributed by atoms with Crippen LogP contribution in [0.3, 0.4) is 0 Å². The first-order valence-electron chi connectivity index (χ1n) is 5.93. The SMILES string of the molecule is Cc1ccc(Oc2ccc(C(F)(F)F)c(C(=N)N)c2)cn1. The number of pyridine rings is 1. The maximum atomic E-state index is 12.8. The lowest BCUT2D eigenvalue weighted by Gasteiger charge is -2.13. The van der Waals surface area contributed by atoms with Gasteiger partial charge in [-0.05, 0) is 37.3 Å². The van der Waals surface area contributed by atoms with Crippen molar-refractivity contribution in [3.05, 3.63) is 53.3 Å². The molecule has 21 heavy (non-hydrogen) atoms. The van der Waals surface area contributed by atoms with E-state index in [2.05, 4.69) is 4.98 Å². The predicted molar refractivity (Wildman–Crippen MR) is 71.5 cm³/mol. The van der Waals surface area contributed by atoms with Crippen LogP contribution in [0.25, 0.3) is 0 Å². The van der Waals surface area contributed by atoms with Gasteiger partial charge in [0.1, 0.15) is 17.3 Å². The Morgan fingerprint density at radius 2 is 1.86 bits per heavy atom. The van der Waals surface area contributed by atoms with Crippen molar-refractivity contribution in [2.75, 3.05) is 0 Å². The van der Waals surface area contributed by atoms with E-state index in [0.717, 1.165) is 17.8 Å². The summed E-state index contributed by atoms with van der Waals surface area (Å²) in [5.74, 6) is -0.136. The van der Waals surface area contributed by atoms with Crippen LogP contribution in [0.15, 0.2) is 36.5 Å². The number of alkyl halides is 3. The molecule has 1 aromatic heterocycles. The molecule has 0 unspecified atom stereocenters. The number of aromatic nitrogens is 1. The minimum Gasteiger partial charge on any atom is -0.456 e. The number of nitrogens with two attached hydrogens (primary N) is 1. The fourth-order valence-corrected chi connectivity index (χ4v) is 1.71. The molecule has 110 valence electrons. The first-order valence-corrected chi connectivity index (χ1v) is 5.93. The first-order chi connectivity index (χ1) is 9.77. The summed E-state index contributed by atoms with van der Waals surface area (Å²) in [6, 6.07) is 6.46. The third-order valence-electron chi connectivity index (χ3n) is 2.71. The minimum atomic E-state index is -4.58. The van der Waals surface area contributed by atoms with Crippen molar-refractivity contribution >= 4 is 5.84 Å². The van der Waals surface area contributed by atoms with Crippen molar-refractivity contribution in [3.63, 3.8) is 0 Å². The van der Waals surface area contributed by atoms with Gasteiger partial charge < -0.3 is 10.5 Å². The zero-order valence-corrected chi connectivity index (χ0v) is 11.0. The van der Waals surface area contributed by atoms with Crippen LogP contribution in [0, 0.1) is 12.3 Å². The number of halogens is 3. The molecule has 4 nitrogen and oxygen atoms in total. The van der Waals surface area contributed by atoms with Gasteiger partial charge in [-0.25, -0.2) is 0 Å². The summed E-state index contributed by atoms with van der Waals surface area (Å²) in [5.41, 5.74) is 4.61. The zero-order chi connectivity index (χ0) is 15.6. The van der Waals surface area contributed by atoms with Crippen molar-refractivity contribution in [2.45, 2.75) is 13.1 Å². The van der Waals surface area contributed by atoms with Crippen molar-refractivity contribution in [1.29, 1.82) is 5.41 Å². The van der Waals surface area contributed by atoms with Crippen LogP contribution in [0.1, 0.15) is 16.8 Å². The van der Waals surface area contributed by atoms with Crippen LogP contribution in [0.2, 0.25) is 0 Å². The van der Waals surface area contributed by atoms with E-state index in [9.17, 15) is 13.2 Å². The highest BCUT2D eigenvalue weighted by Gasteiger charge is 2.34. The maximum Gasteiger partial charge on any atom is 0.417 e. The molecule has 0 radical (unpaired) electrons. The van der Waals surface area contributed by atoms with E-state index in [-0.39, 0.29) is 5.75 Å². The molecule has 1 aromatic carbocycles. The van der Waals surface area contributed by atoms with Crippen LogP contribution in [0.5, 0.6) is 11.5 Å². The number of ether oxygens (including phenoxy) is 1. The summed E-state index contributed by atoms with van der Waals surface area (Å²) < 4.78 is 43.8. The van der Waals surface area contributed by atoms with Crippen molar-refractivity contribution < 1.29 is 17.9 Å². The molecule has 0 aliphatic carbocycles. The van der Waals surface area contributed by atoms with E-state index in [1.54, 1.807) is 19.1 Å². The molecule has 0 fully saturated rings. The molecule has 2 rings (SSSR count). The van der Waals surface area contributed by atoms with Crippen molar-refractivity contribution in [1.82, 2.24) is 4.98 Å². The Kier molecular flexibility index (Phi) is 3.84. The van der Waals surface area contributed by atoms with Crippen molar-refractivity contribution in [3.8, 4) is 11.5 Å². The average Bonchev–Trinajstić information content (AvgIpc) is 2.40. The monoisotopic (exact) mass is 295 g/mol. The highest BCUT2D eigenvalue weighted by molar-refractivity contribution is 5.97. The molecule has 3 N–H and O–H groups in total. The Bertz CT molecular complexity index is 666. The van der Waals surface area contributed by atoms with Gasteiger partial charge in [-0.1, -0.05) is 0 Å². The highest BCUT2D eigenvalue weighted by atomic mass is 19.4. The molecule has 0 saturated heterocycles. The number of benzene rings is 1. The molecule has 0 aliphatic rings. The quantitative estimate of drug-likeness (QED) is 0.672. The Hall–Kier alpha value is -2.57. The summed E-state index contributed by atoms with van der Waals surface area (Å²) in [6.45, 7) is 1.80. The van der Waals surface area contributed by atoms with Gasteiger partial charge in [-0.2, -0.15) is 13.2 Å². The van der Waals surface area contributed by atoms with Gasteiger partial charge in [-0.15, -0.1) is 0 Å². The van der Waals surface area contributed by atoms with Gasteiger partial charge in [0.25, 0.3) is 0 Å². The van der Waals surface area contributed by atoms with Crippen LogP contribution < -0.4 is 10.5 Å². The Morgan fingerprint density at radius 1 is 1.19 bits per heavy atom. The van der Waals surface area contributed by atoms with E-state index in [4.69, 9.17) is 15.9 Å². The molecule has 1 heterocycles. The third kappa shape index (κ3) is 3.50. The zero-order valence-electron chi connectivity index (χ0n) is 11.0. The smallest absolute Gasteiger partial charge is 0.417 e. The Balaban J connectivity index is 2.36. The fourth-order valence-electron chi connectivity index (χ4n) is 1.71. The molecule has 2 aromatic rings. The van der Waals surface area contributed by atoms with Gasteiger partial charge in [0, 0.05) is 11.3 Å². The molecule has 0 saturated carbocycles. The largest absolute Gasteiger partial charge is 0.456 e. The number of rotatable bonds is 3. The highest BCUT2D eigenvalue weighted by Crippen LogP contribution is 2.34. The topological polar surface area (TPSA) is 72.0 Å². The van der Waals surface area contributed by atoms with Crippen LogP contribution in [0.4, 0.5) is 13.2 Å². The molecule has 0 amide bonds. The number of nitrogens with one attached hydrogen (secondary N) is 1. The van der Waals surface area contributed by atoms with Gasteiger partial charge in [0.15, 0.2) is 0 Å². The van der Waals surface area contributed by atoms with Crippen LogP contribution >= 0.6 is 0 Å². The lowest BCUT2D eigenvalue weighted by molar-refractivity contribution is -0.137. The number of amidine groups is 1. The summed E-state index contributed by atoms with van der Waals surface area (Å²) in [4.78, 5) is 4.02. The number of aryl methyl sites for hydroxylation is 1. The molecular weight excluding hydrogens is 283 g/mol. The second-order valence-electron chi connectivity index (χ2n) is 4.36. The van der Waals surface area contributed by atoms with Crippen LogP contribution in [-0.2, 0) is 6.18 Å². The second kappa shape index (κ2) is 5.43. The van der Waals surface area contributed by atoms with E-state index < -0.39 is 23.1 Å². The molecule has 0 aliphatic heterocycles. The van der Waals surface area contributed by atoms with Gasteiger partial charge >= 0.3 is 6.18 Å². The van der Waals surface area contributed by atoms with Crippen LogP contribution in [-0.4, -0.2) is 10.8 Å². The van der Waals surface area contributed by atoms with E-state index in [1.807, 2.05) is 0 Å². The van der Waals surface area contributed by atoms with E-state index in [1.165, 1.54) is 12.3 Å². The number of nitrogen functional groups attached to an aromatic ring is 1. The molecular formula is C14H12F3N3O. The average molecular weight is 295 g/mol. The van der Waals surface area contributed by atoms with Gasteiger partial charge in [0.2, 0.25) is 0 Å². The lowest BCUT2D eigenvalue weighted by atomic mass is 10.1. The molecule has 7 heteroatoms. The first kappa shape index (κ1) is 14.8. The third-order valence-corrected chi connectivity index (χ3v) is 2.71.